The maximum Gasteiger partial charge on any atom is 0.490 e. The van der Waals surface area contributed by atoms with Crippen LogP contribution < -0.4 is 10.5 Å². The van der Waals surface area contributed by atoms with Gasteiger partial charge in [0.15, 0.2) is 0 Å². The molecule has 11 nitrogen and oxygen atoms in total. The summed E-state index contributed by atoms with van der Waals surface area (Å²) >= 11 is 0. The number of halogens is 6. The third-order valence-corrected chi connectivity index (χ3v) is 4.97. The monoisotopic (exact) mass is 589 g/mol. The van der Waals surface area contributed by atoms with E-state index < -0.39 is 30.3 Å². The van der Waals surface area contributed by atoms with Gasteiger partial charge in [-0.05, 0) is 49.1 Å². The molecular weight excluding hydrogens is 568 g/mol. The van der Waals surface area contributed by atoms with E-state index in [1.54, 1.807) is 35.4 Å². The summed E-state index contributed by atoms with van der Waals surface area (Å²) < 4.78 is 69.1. The van der Waals surface area contributed by atoms with Crippen LogP contribution in [-0.2, 0) is 20.8 Å². The molecule has 3 rings (SSSR count). The Labute approximate surface area is 228 Å². The summed E-state index contributed by atoms with van der Waals surface area (Å²) in [5.74, 6) is -4.92. The molecule has 0 radical (unpaired) electrons. The van der Waals surface area contributed by atoms with E-state index in [4.69, 9.17) is 40.8 Å². The summed E-state index contributed by atoms with van der Waals surface area (Å²) in [6.07, 6.45) is -6.69. The second-order valence-corrected chi connectivity index (χ2v) is 7.95. The first-order valence-corrected chi connectivity index (χ1v) is 11.2. The topological polar surface area (TPSA) is 191 Å². The van der Waals surface area contributed by atoms with E-state index in [2.05, 4.69) is 11.1 Å². The van der Waals surface area contributed by atoms with Gasteiger partial charge in [0, 0.05) is 12.7 Å². The first kappa shape index (κ1) is 34.1. The first-order chi connectivity index (χ1) is 19.0. The zero-order valence-corrected chi connectivity index (χ0v) is 20.7. The molecule has 1 saturated heterocycles. The largest absolute Gasteiger partial charge is 0.490 e. The number of ether oxygens (including phenoxy) is 1. The van der Waals surface area contributed by atoms with E-state index in [0.29, 0.717) is 30.7 Å². The molecule has 4 N–H and O–H groups in total. The van der Waals surface area contributed by atoms with Gasteiger partial charge in [0.2, 0.25) is 11.8 Å². The summed E-state index contributed by atoms with van der Waals surface area (Å²) in [5, 5.41) is 32.5. The number of nitriles is 2. The van der Waals surface area contributed by atoms with Crippen molar-refractivity contribution in [1.29, 1.82) is 10.5 Å². The quantitative estimate of drug-likeness (QED) is 0.436. The van der Waals surface area contributed by atoms with Gasteiger partial charge in [0.05, 0.1) is 12.1 Å². The number of hydrogen-bond donors (Lipinski definition) is 3. The molecule has 0 bridgehead atoms. The Morgan fingerprint density at radius 1 is 1.05 bits per heavy atom. The average Bonchev–Trinajstić information content (AvgIpc) is 3.38. The minimum absolute atomic E-state index is 0.188. The highest BCUT2D eigenvalue weighted by Gasteiger charge is 2.39. The number of hydrogen-bond acceptors (Lipinski definition) is 8. The number of carbonyl (C=O) groups is 3. The van der Waals surface area contributed by atoms with E-state index in [1.807, 2.05) is 18.2 Å². The summed E-state index contributed by atoms with van der Waals surface area (Å²) in [5.41, 5.74) is 7.31. The molecule has 1 aliphatic rings. The molecule has 1 aromatic heterocycles. The van der Waals surface area contributed by atoms with Crippen molar-refractivity contribution in [3.63, 3.8) is 0 Å². The number of alkyl halides is 6. The summed E-state index contributed by atoms with van der Waals surface area (Å²) in [6.45, 7) is 0.586. The van der Waals surface area contributed by atoms with Crippen molar-refractivity contribution in [2.45, 2.75) is 43.7 Å². The molecular formula is C24H21F6N5O6. The van der Waals surface area contributed by atoms with E-state index in [-0.39, 0.29) is 17.8 Å². The highest BCUT2D eigenvalue weighted by atomic mass is 19.4. The smallest absolute Gasteiger partial charge is 0.475 e. The van der Waals surface area contributed by atoms with Gasteiger partial charge in [-0.25, -0.2) is 14.6 Å². The zero-order valence-electron chi connectivity index (χ0n) is 20.7. The molecule has 1 fully saturated rings. The number of carboxylic acid groups (broad SMARTS) is 2. The number of likely N-dealkylation sites (tertiary alicyclic amines) is 1. The lowest BCUT2D eigenvalue weighted by atomic mass is 10.0. The molecule has 2 heterocycles. The minimum atomic E-state index is -5.08. The van der Waals surface area contributed by atoms with Crippen LogP contribution in [0.2, 0.25) is 0 Å². The lowest BCUT2D eigenvalue weighted by molar-refractivity contribution is -0.193. The number of pyridine rings is 1. The number of aromatic nitrogens is 1. The number of rotatable bonds is 5. The van der Waals surface area contributed by atoms with Gasteiger partial charge in [-0.1, -0.05) is 12.1 Å². The fourth-order valence-corrected chi connectivity index (χ4v) is 3.08. The molecule has 2 atom stereocenters. The zero-order chi connectivity index (χ0) is 31.4. The third-order valence-electron chi connectivity index (χ3n) is 4.97. The number of carbonyl (C=O) groups excluding carboxylic acids is 1. The Kier molecular flexibility index (Phi) is 12.5. The van der Waals surface area contributed by atoms with E-state index >= 15 is 0 Å². The number of nitrogens with two attached hydrogens (primary N) is 1. The number of benzene rings is 1. The van der Waals surface area contributed by atoms with Crippen molar-refractivity contribution in [2.24, 2.45) is 5.73 Å². The molecule has 0 unspecified atom stereocenters. The van der Waals surface area contributed by atoms with Gasteiger partial charge in [0.1, 0.15) is 23.4 Å². The Bertz CT molecular complexity index is 1260. The highest BCUT2D eigenvalue weighted by Crippen LogP contribution is 2.23. The van der Waals surface area contributed by atoms with E-state index in [1.165, 1.54) is 0 Å². The number of amides is 1. The predicted molar refractivity (Wildman–Crippen MR) is 125 cm³/mol. The van der Waals surface area contributed by atoms with Crippen LogP contribution in [0.1, 0.15) is 24.0 Å². The SMILES string of the molecule is N#Cc1cccnc1Oc1ccc(C[C@H](N)C(=O)N2CCC[C@H]2C#N)cc1.O=C(O)C(F)(F)F.O=C(O)C(F)(F)F. The fraction of sp³-hybridized carbons (Fsp3) is 0.333. The average molecular weight is 589 g/mol. The molecule has 17 heteroatoms. The summed E-state index contributed by atoms with van der Waals surface area (Å²) in [7, 11) is 0. The number of aliphatic carboxylic acids is 2. The van der Waals surface area contributed by atoms with Crippen molar-refractivity contribution < 1.29 is 55.7 Å². The summed E-state index contributed by atoms with van der Waals surface area (Å²) in [4.78, 5) is 35.9. The van der Waals surface area contributed by atoms with Crippen molar-refractivity contribution in [2.75, 3.05) is 6.54 Å². The van der Waals surface area contributed by atoms with Crippen LogP contribution in [0.25, 0.3) is 0 Å². The summed E-state index contributed by atoms with van der Waals surface area (Å²) in [6, 6.07) is 13.6. The van der Waals surface area contributed by atoms with E-state index in [9.17, 15) is 31.1 Å². The van der Waals surface area contributed by atoms with E-state index in [0.717, 1.165) is 12.0 Å². The maximum absolute atomic E-state index is 12.5. The molecule has 0 saturated carbocycles. The van der Waals surface area contributed by atoms with Gasteiger partial charge in [-0.15, -0.1) is 0 Å². The van der Waals surface area contributed by atoms with Crippen LogP contribution >= 0.6 is 0 Å². The number of carboxylic acids is 2. The number of nitrogens with zero attached hydrogens (tertiary/aromatic N) is 4. The molecule has 1 aromatic carbocycles. The van der Waals surface area contributed by atoms with Crippen molar-refractivity contribution >= 4 is 17.8 Å². The molecule has 1 amide bonds. The Morgan fingerprint density at radius 2 is 1.59 bits per heavy atom. The van der Waals surface area contributed by atoms with Crippen molar-refractivity contribution in [3.05, 3.63) is 53.7 Å². The minimum Gasteiger partial charge on any atom is -0.475 e. The van der Waals surface area contributed by atoms with Gasteiger partial charge in [-0.3, -0.25) is 4.79 Å². The van der Waals surface area contributed by atoms with Crippen LogP contribution in [-0.4, -0.2) is 68.9 Å². The van der Waals surface area contributed by atoms with Crippen LogP contribution in [0.4, 0.5) is 26.3 Å². The molecule has 0 aliphatic carbocycles. The second kappa shape index (κ2) is 15.0. The molecule has 220 valence electrons. The van der Waals surface area contributed by atoms with Crippen LogP contribution in [0, 0.1) is 22.7 Å². The first-order valence-electron chi connectivity index (χ1n) is 11.2. The fourth-order valence-electron chi connectivity index (χ4n) is 3.08. The third kappa shape index (κ3) is 11.4. The lowest BCUT2D eigenvalue weighted by Crippen LogP contribution is -2.46. The predicted octanol–water partition coefficient (Wildman–Crippen LogP) is 3.40. The molecule has 41 heavy (non-hydrogen) atoms. The molecule has 0 spiro atoms. The van der Waals surface area contributed by atoms with Crippen molar-refractivity contribution in [3.8, 4) is 23.8 Å². The second-order valence-electron chi connectivity index (χ2n) is 7.95. The standard InChI is InChI=1S/C20H19N5O2.2C2HF3O2/c21-12-15-3-1-9-24-19(15)27-17-7-5-14(6-8-17)11-18(23)20(26)25-10-2-4-16(25)13-22;2*3-2(4,5)1(6)7/h1,3,5-9,16,18H,2,4,10-11,23H2;2*(H,6,7)/t16-,18-;;/m0../s1. The normalized spacial score (nSPS) is 15.0. The Morgan fingerprint density at radius 3 is 2.05 bits per heavy atom. The van der Waals surface area contributed by atoms with Crippen LogP contribution in [0.15, 0.2) is 42.6 Å². The highest BCUT2D eigenvalue weighted by molar-refractivity contribution is 5.83. The van der Waals surface area contributed by atoms with Crippen LogP contribution in [0.3, 0.4) is 0 Å². The maximum atomic E-state index is 12.5. The van der Waals surface area contributed by atoms with Gasteiger partial charge in [-0.2, -0.15) is 36.9 Å². The molecule has 1 aliphatic heterocycles. The Balaban J connectivity index is 0.000000497. The molecule has 2 aromatic rings. The van der Waals surface area contributed by atoms with Gasteiger partial charge in [0.25, 0.3) is 0 Å². The lowest BCUT2D eigenvalue weighted by Gasteiger charge is -2.23. The Hall–Kier alpha value is -4.90. The van der Waals surface area contributed by atoms with Gasteiger partial charge < -0.3 is 25.6 Å². The van der Waals surface area contributed by atoms with Crippen LogP contribution in [0.5, 0.6) is 11.6 Å². The van der Waals surface area contributed by atoms with Crippen molar-refractivity contribution in [1.82, 2.24) is 9.88 Å². The van der Waals surface area contributed by atoms with Gasteiger partial charge >= 0.3 is 24.3 Å².